The number of carbonyl (C=O) groups excluding carboxylic acids is 1. The lowest BCUT2D eigenvalue weighted by atomic mass is 9.76. The van der Waals surface area contributed by atoms with E-state index in [-0.39, 0.29) is 5.78 Å². The largest absolute Gasteiger partial charge is 0.344 e. The van der Waals surface area contributed by atoms with Gasteiger partial charge in [0.15, 0.2) is 5.78 Å². The first kappa shape index (κ1) is 26.0. The molecule has 206 valence electrons. The Bertz CT molecular complexity index is 1830. The number of imidazole rings is 1. The molecule has 0 unspecified atom stereocenters. The molecule has 0 N–H and O–H groups in total. The topological polar surface area (TPSA) is 39.8 Å². The summed E-state index contributed by atoms with van der Waals surface area (Å²) in [7, 11) is 0. The van der Waals surface area contributed by atoms with Crippen molar-refractivity contribution in [2.45, 2.75) is 38.8 Å². The van der Waals surface area contributed by atoms with Crippen LogP contribution in [-0.4, -0.2) is 19.9 Å². The van der Waals surface area contributed by atoms with Crippen molar-refractivity contribution in [3.8, 4) is 0 Å². The number of benzene rings is 4. The van der Waals surface area contributed by atoms with Crippen LogP contribution >= 0.6 is 0 Å². The van der Waals surface area contributed by atoms with Crippen LogP contribution in [0.3, 0.4) is 0 Å². The fraction of sp³-hybridized carbons (Fsp3) is 0.158. The smallest absolute Gasteiger partial charge is 0.188 e. The molecule has 7 rings (SSSR count). The molecule has 0 saturated carbocycles. The summed E-state index contributed by atoms with van der Waals surface area (Å²) >= 11 is 0. The van der Waals surface area contributed by atoms with Crippen molar-refractivity contribution < 1.29 is 4.79 Å². The summed E-state index contributed by atoms with van der Waals surface area (Å²) in [5.41, 5.74) is 8.93. The number of para-hydroxylation sites is 1. The van der Waals surface area contributed by atoms with Gasteiger partial charge < -0.3 is 9.13 Å². The Balaban J connectivity index is 1.36. The fourth-order valence-electron chi connectivity index (χ4n) is 6.95. The van der Waals surface area contributed by atoms with Gasteiger partial charge in [-0.15, -0.1) is 0 Å². The van der Waals surface area contributed by atoms with Crippen LogP contribution in [0.5, 0.6) is 0 Å². The molecule has 2 aromatic heterocycles. The second-order valence-electron chi connectivity index (χ2n) is 11.1. The molecule has 1 aliphatic rings. The Morgan fingerprint density at radius 3 is 1.95 bits per heavy atom. The first-order valence-electron chi connectivity index (χ1n) is 14.6. The minimum atomic E-state index is -0.646. The Hall–Kier alpha value is -4.96. The lowest BCUT2D eigenvalue weighted by Gasteiger charge is -2.38. The van der Waals surface area contributed by atoms with Crippen LogP contribution in [0.4, 0.5) is 0 Å². The van der Waals surface area contributed by atoms with Gasteiger partial charge in [0.25, 0.3) is 0 Å². The van der Waals surface area contributed by atoms with Crippen LogP contribution in [-0.2, 0) is 18.5 Å². The van der Waals surface area contributed by atoms with Crippen molar-refractivity contribution in [1.29, 1.82) is 0 Å². The SMILES string of the molecule is Cc1c(C=CC(=O)c2c(C)n3c4c(cccc24)CCC3)ncn1C(c1ccccc1)(c1ccccc1)c1ccccc1. The molecule has 0 aliphatic carbocycles. The summed E-state index contributed by atoms with van der Waals surface area (Å²) in [5, 5.41) is 1.05. The van der Waals surface area contributed by atoms with Crippen molar-refractivity contribution >= 4 is 22.8 Å². The van der Waals surface area contributed by atoms with Gasteiger partial charge in [0.05, 0.1) is 23.1 Å². The molecule has 0 radical (unpaired) electrons. The van der Waals surface area contributed by atoms with Gasteiger partial charge >= 0.3 is 0 Å². The summed E-state index contributed by atoms with van der Waals surface area (Å²) in [6.45, 7) is 5.12. The van der Waals surface area contributed by atoms with Gasteiger partial charge in [-0.3, -0.25) is 4.79 Å². The van der Waals surface area contributed by atoms with Gasteiger partial charge in [0.1, 0.15) is 5.54 Å². The van der Waals surface area contributed by atoms with E-state index in [1.54, 1.807) is 6.08 Å². The highest BCUT2D eigenvalue weighted by Gasteiger charge is 2.39. The van der Waals surface area contributed by atoms with Gasteiger partial charge in [0, 0.05) is 23.3 Å². The number of allylic oxidation sites excluding steroid dienone is 1. The molecule has 0 amide bonds. The lowest BCUT2D eigenvalue weighted by Crippen LogP contribution is -2.38. The van der Waals surface area contributed by atoms with E-state index in [1.807, 2.05) is 30.6 Å². The molecule has 0 bridgehead atoms. The average Bonchev–Trinajstić information content (AvgIpc) is 3.56. The van der Waals surface area contributed by atoms with Gasteiger partial charge in [-0.2, -0.15) is 0 Å². The molecule has 6 aromatic rings. The maximum absolute atomic E-state index is 13.8. The highest BCUT2D eigenvalue weighted by Crippen LogP contribution is 2.42. The zero-order valence-electron chi connectivity index (χ0n) is 24.0. The first-order chi connectivity index (χ1) is 20.6. The predicted octanol–water partition coefficient (Wildman–Crippen LogP) is 8.14. The first-order valence-corrected chi connectivity index (χ1v) is 14.6. The molecule has 4 aromatic carbocycles. The zero-order chi connectivity index (χ0) is 28.7. The van der Waals surface area contributed by atoms with Crippen molar-refractivity contribution in [2.24, 2.45) is 0 Å². The van der Waals surface area contributed by atoms with E-state index in [9.17, 15) is 4.79 Å². The van der Waals surface area contributed by atoms with Crippen LogP contribution in [0.25, 0.3) is 17.0 Å². The van der Waals surface area contributed by atoms with Gasteiger partial charge in [-0.05, 0) is 61.1 Å². The third-order valence-corrected chi connectivity index (χ3v) is 8.87. The standard InChI is InChI=1S/C38H33N3O/c1-27-34(23-24-35(42)36-28(2)40-25-13-15-29-14-12-22-33(36)37(29)40)39-26-41(27)38(30-16-6-3-7-17-30,31-18-8-4-9-19-31)32-20-10-5-11-21-32/h3-12,14,16-24,26H,13,15,25H2,1-2H3. The van der Waals surface area contributed by atoms with Crippen molar-refractivity contribution in [3.63, 3.8) is 0 Å². The Labute approximate surface area is 246 Å². The summed E-state index contributed by atoms with van der Waals surface area (Å²) in [4.78, 5) is 18.6. The quantitative estimate of drug-likeness (QED) is 0.115. The molecular formula is C38H33N3O. The van der Waals surface area contributed by atoms with Crippen LogP contribution in [0.15, 0.2) is 122 Å². The highest BCUT2D eigenvalue weighted by atomic mass is 16.1. The fourth-order valence-corrected chi connectivity index (χ4v) is 6.95. The van der Waals surface area contributed by atoms with Gasteiger partial charge in [-0.25, -0.2) is 4.98 Å². The molecule has 0 saturated heterocycles. The summed E-state index contributed by atoms with van der Waals surface area (Å²) in [6, 6.07) is 38.1. The van der Waals surface area contributed by atoms with E-state index in [0.717, 1.165) is 64.1 Å². The lowest BCUT2D eigenvalue weighted by molar-refractivity contribution is 0.104. The van der Waals surface area contributed by atoms with Gasteiger partial charge in [-0.1, -0.05) is 109 Å². The Morgan fingerprint density at radius 1 is 0.762 bits per heavy atom. The monoisotopic (exact) mass is 547 g/mol. The number of rotatable bonds is 7. The van der Waals surface area contributed by atoms with E-state index in [0.29, 0.717) is 0 Å². The van der Waals surface area contributed by atoms with Crippen molar-refractivity contribution in [1.82, 2.24) is 14.1 Å². The van der Waals surface area contributed by atoms with Crippen LogP contribution < -0.4 is 0 Å². The molecule has 0 atom stereocenters. The van der Waals surface area contributed by atoms with E-state index in [4.69, 9.17) is 4.98 Å². The number of aryl methyl sites for hydroxylation is 2. The van der Waals surface area contributed by atoms with Crippen molar-refractivity contribution in [3.05, 3.63) is 166 Å². The number of ketones is 1. The molecule has 3 heterocycles. The van der Waals surface area contributed by atoms with Gasteiger partial charge in [0.2, 0.25) is 0 Å². The minimum absolute atomic E-state index is 0.0182. The molecule has 4 nitrogen and oxygen atoms in total. The Kier molecular flexibility index (Phi) is 6.47. The van der Waals surface area contributed by atoms with Crippen molar-refractivity contribution in [2.75, 3.05) is 0 Å². The normalized spacial score (nSPS) is 13.2. The number of hydrogen-bond donors (Lipinski definition) is 0. The van der Waals surface area contributed by atoms with E-state index in [2.05, 4.69) is 114 Å². The second-order valence-corrected chi connectivity index (χ2v) is 11.1. The maximum Gasteiger partial charge on any atom is 0.188 e. The third-order valence-electron chi connectivity index (χ3n) is 8.87. The predicted molar refractivity (Wildman–Crippen MR) is 170 cm³/mol. The minimum Gasteiger partial charge on any atom is -0.344 e. The number of hydrogen-bond acceptors (Lipinski definition) is 2. The van der Waals surface area contributed by atoms with Crippen LogP contribution in [0.2, 0.25) is 0 Å². The summed E-state index contributed by atoms with van der Waals surface area (Å²) in [5.74, 6) is 0.0182. The van der Waals surface area contributed by atoms with E-state index < -0.39 is 5.54 Å². The molecule has 0 fully saturated rings. The molecule has 4 heteroatoms. The Morgan fingerprint density at radius 2 is 1.36 bits per heavy atom. The molecule has 42 heavy (non-hydrogen) atoms. The van der Waals surface area contributed by atoms with E-state index in [1.165, 1.54) is 11.1 Å². The van der Waals surface area contributed by atoms with E-state index >= 15 is 0 Å². The van der Waals surface area contributed by atoms with Crippen LogP contribution in [0, 0.1) is 13.8 Å². The second kappa shape index (κ2) is 10.5. The molecule has 1 aliphatic heterocycles. The average molecular weight is 548 g/mol. The molecular weight excluding hydrogens is 514 g/mol. The highest BCUT2D eigenvalue weighted by molar-refractivity contribution is 6.16. The summed E-state index contributed by atoms with van der Waals surface area (Å²) in [6.07, 6.45) is 7.66. The van der Waals surface area contributed by atoms with Crippen LogP contribution in [0.1, 0.15) is 56.1 Å². The number of nitrogens with zero attached hydrogens (tertiary/aromatic N) is 3. The molecule has 0 spiro atoms. The summed E-state index contributed by atoms with van der Waals surface area (Å²) < 4.78 is 4.58. The number of carbonyl (C=O) groups is 1. The number of aromatic nitrogens is 3. The third kappa shape index (κ3) is 3.98. The zero-order valence-corrected chi connectivity index (χ0v) is 24.0. The maximum atomic E-state index is 13.8.